The van der Waals surface area contributed by atoms with Crippen LogP contribution in [0.25, 0.3) is 0 Å². The third kappa shape index (κ3) is 3.03. The van der Waals surface area contributed by atoms with Crippen molar-refractivity contribution >= 4 is 17.2 Å². The minimum absolute atomic E-state index is 0.0907. The minimum Gasteiger partial charge on any atom is -0.337 e. The molecule has 2 heterocycles. The van der Waals surface area contributed by atoms with Crippen molar-refractivity contribution in [3.63, 3.8) is 0 Å². The van der Waals surface area contributed by atoms with Crippen LogP contribution in [0.3, 0.4) is 0 Å². The monoisotopic (exact) mass is 326 g/mol. The highest BCUT2D eigenvalue weighted by atomic mass is 32.1. The van der Waals surface area contributed by atoms with Gasteiger partial charge in [-0.3, -0.25) is 4.79 Å². The number of carbonyl (C=O) groups excluding carboxylic acids is 1. The molecular formula is C17H18N4OS. The number of thiophene rings is 1. The van der Waals surface area contributed by atoms with Crippen molar-refractivity contribution in [2.24, 2.45) is 7.05 Å². The predicted molar refractivity (Wildman–Crippen MR) is 90.5 cm³/mol. The highest BCUT2D eigenvalue weighted by Crippen LogP contribution is 2.23. The van der Waals surface area contributed by atoms with Gasteiger partial charge in [0.1, 0.15) is 11.9 Å². The number of rotatable bonds is 4. The molecule has 1 atom stereocenters. The quantitative estimate of drug-likeness (QED) is 0.802. The Hall–Kier alpha value is -2.47. The molecule has 3 rings (SSSR count). The first-order valence-electron chi connectivity index (χ1n) is 7.33. The van der Waals surface area contributed by atoms with Crippen molar-refractivity contribution < 1.29 is 4.79 Å². The molecule has 0 aliphatic heterocycles. The van der Waals surface area contributed by atoms with E-state index in [2.05, 4.69) is 15.5 Å². The van der Waals surface area contributed by atoms with Gasteiger partial charge >= 0.3 is 0 Å². The van der Waals surface area contributed by atoms with Crippen molar-refractivity contribution in [1.29, 1.82) is 0 Å². The highest BCUT2D eigenvalue weighted by Gasteiger charge is 2.24. The van der Waals surface area contributed by atoms with Crippen molar-refractivity contribution in [2.45, 2.75) is 19.9 Å². The van der Waals surface area contributed by atoms with Gasteiger partial charge < -0.3 is 9.88 Å². The average molecular weight is 326 g/mol. The highest BCUT2D eigenvalue weighted by molar-refractivity contribution is 7.12. The predicted octanol–water partition coefficient (Wildman–Crippen LogP) is 3.01. The van der Waals surface area contributed by atoms with Crippen molar-refractivity contribution in [3.05, 3.63) is 69.4 Å². The molecule has 0 unspecified atom stereocenters. The molecule has 0 bridgehead atoms. The summed E-state index contributed by atoms with van der Waals surface area (Å²) in [5.41, 5.74) is 1.96. The number of hydrogen-bond donors (Lipinski definition) is 1. The molecule has 2 aromatic heterocycles. The largest absolute Gasteiger partial charge is 0.337 e. The summed E-state index contributed by atoms with van der Waals surface area (Å²) in [6, 6.07) is 11.4. The summed E-state index contributed by atoms with van der Waals surface area (Å²) in [5.74, 6) is 1.44. The number of hydrogen-bond acceptors (Lipinski definition) is 4. The van der Waals surface area contributed by atoms with Crippen molar-refractivity contribution in [2.75, 3.05) is 0 Å². The molecule has 118 valence electrons. The zero-order valence-corrected chi connectivity index (χ0v) is 14.1. The summed E-state index contributed by atoms with van der Waals surface area (Å²) in [6.45, 7) is 3.83. The second kappa shape index (κ2) is 6.34. The number of nitrogens with one attached hydrogen (secondary N) is 1. The fraction of sp³-hybridized carbons (Fsp3) is 0.235. The van der Waals surface area contributed by atoms with E-state index in [0.29, 0.717) is 0 Å². The number of aryl methyl sites for hydroxylation is 2. The lowest BCUT2D eigenvalue weighted by molar-refractivity contribution is 0.0944. The van der Waals surface area contributed by atoms with E-state index in [1.165, 1.54) is 11.3 Å². The summed E-state index contributed by atoms with van der Waals surface area (Å²) in [5, 5.41) is 13.4. The maximum Gasteiger partial charge on any atom is 0.262 e. The molecule has 5 nitrogen and oxygen atoms in total. The first kappa shape index (κ1) is 15.4. The summed E-state index contributed by atoms with van der Waals surface area (Å²) in [7, 11) is 1.91. The van der Waals surface area contributed by atoms with E-state index in [0.717, 1.165) is 27.7 Å². The molecule has 3 aromatic rings. The van der Waals surface area contributed by atoms with E-state index in [1.54, 1.807) is 0 Å². The van der Waals surface area contributed by atoms with Crippen LogP contribution in [0.2, 0.25) is 0 Å². The smallest absolute Gasteiger partial charge is 0.262 e. The zero-order valence-electron chi connectivity index (χ0n) is 13.3. The molecule has 0 aliphatic carbocycles. The normalized spacial score (nSPS) is 12.1. The molecular weight excluding hydrogens is 308 g/mol. The molecule has 1 aromatic carbocycles. The number of aromatic nitrogens is 3. The van der Waals surface area contributed by atoms with Gasteiger partial charge in [0, 0.05) is 7.05 Å². The summed E-state index contributed by atoms with van der Waals surface area (Å²) < 4.78 is 1.90. The first-order valence-corrected chi connectivity index (χ1v) is 8.21. The number of nitrogens with zero attached hydrogens (tertiary/aromatic N) is 3. The lowest BCUT2D eigenvalue weighted by Crippen LogP contribution is -2.31. The fourth-order valence-electron chi connectivity index (χ4n) is 2.42. The van der Waals surface area contributed by atoms with Gasteiger partial charge in [0.05, 0.1) is 4.88 Å². The molecule has 6 heteroatoms. The van der Waals surface area contributed by atoms with Crippen LogP contribution in [-0.2, 0) is 7.05 Å². The van der Waals surface area contributed by atoms with Crippen LogP contribution in [0.5, 0.6) is 0 Å². The molecule has 0 aliphatic rings. The Morgan fingerprint density at radius 3 is 2.48 bits per heavy atom. The third-order valence-corrected chi connectivity index (χ3v) is 4.88. The van der Waals surface area contributed by atoms with Gasteiger partial charge in [-0.15, -0.1) is 21.5 Å². The van der Waals surface area contributed by atoms with Crippen molar-refractivity contribution in [3.8, 4) is 0 Å². The van der Waals surface area contributed by atoms with E-state index < -0.39 is 0 Å². The number of carbonyl (C=O) groups is 1. The van der Waals surface area contributed by atoms with E-state index in [-0.39, 0.29) is 11.9 Å². The molecule has 0 radical (unpaired) electrons. The van der Waals surface area contributed by atoms with Gasteiger partial charge in [0.2, 0.25) is 0 Å². The molecule has 1 amide bonds. The van der Waals surface area contributed by atoms with E-state index in [1.807, 2.05) is 67.2 Å². The van der Waals surface area contributed by atoms with Crippen LogP contribution >= 0.6 is 11.3 Å². The first-order chi connectivity index (χ1) is 11.1. The van der Waals surface area contributed by atoms with Gasteiger partial charge in [0.25, 0.3) is 5.91 Å². The Labute approximate surface area is 139 Å². The maximum absolute atomic E-state index is 12.6. The van der Waals surface area contributed by atoms with E-state index >= 15 is 0 Å². The maximum atomic E-state index is 12.6. The molecule has 0 saturated heterocycles. The van der Waals surface area contributed by atoms with Crippen LogP contribution in [0.4, 0.5) is 0 Å². The van der Waals surface area contributed by atoms with Gasteiger partial charge in [0.15, 0.2) is 5.82 Å². The fourth-order valence-corrected chi connectivity index (χ4v) is 3.25. The molecule has 0 fully saturated rings. The lowest BCUT2D eigenvalue weighted by Gasteiger charge is -2.18. The van der Waals surface area contributed by atoms with Crippen LogP contribution in [0, 0.1) is 13.8 Å². The molecule has 1 N–H and O–H groups in total. The Balaban J connectivity index is 1.98. The molecule has 23 heavy (non-hydrogen) atoms. The van der Waals surface area contributed by atoms with Gasteiger partial charge in [-0.25, -0.2) is 0 Å². The Bertz CT molecular complexity index is 822. The standard InChI is InChI=1S/C17H18N4OS/c1-11-9-10-23-15(11)17(22)18-14(13-7-5-4-6-8-13)16-20-19-12(2)21(16)3/h4-10,14H,1-3H3,(H,18,22)/t14-/m1/s1. The molecule has 0 saturated carbocycles. The second-order valence-corrected chi connectivity index (χ2v) is 6.33. The Morgan fingerprint density at radius 2 is 1.91 bits per heavy atom. The Morgan fingerprint density at radius 1 is 1.17 bits per heavy atom. The van der Waals surface area contributed by atoms with E-state index in [9.17, 15) is 4.79 Å². The van der Waals surface area contributed by atoms with Crippen LogP contribution in [-0.4, -0.2) is 20.7 Å². The summed E-state index contributed by atoms with van der Waals surface area (Å²) >= 11 is 1.44. The van der Waals surface area contributed by atoms with Crippen LogP contribution in [0.15, 0.2) is 41.8 Å². The minimum atomic E-state index is -0.337. The average Bonchev–Trinajstić information content (AvgIpc) is 3.13. The van der Waals surface area contributed by atoms with E-state index in [4.69, 9.17) is 0 Å². The molecule has 0 spiro atoms. The number of amides is 1. The third-order valence-electron chi connectivity index (χ3n) is 3.86. The van der Waals surface area contributed by atoms with Gasteiger partial charge in [-0.1, -0.05) is 30.3 Å². The second-order valence-electron chi connectivity index (χ2n) is 5.41. The van der Waals surface area contributed by atoms with Crippen molar-refractivity contribution in [1.82, 2.24) is 20.1 Å². The topological polar surface area (TPSA) is 59.8 Å². The Kier molecular flexibility index (Phi) is 4.25. The number of benzene rings is 1. The lowest BCUT2D eigenvalue weighted by atomic mass is 10.1. The van der Waals surface area contributed by atoms with Gasteiger partial charge in [-0.05, 0) is 36.4 Å². The van der Waals surface area contributed by atoms with Crippen LogP contribution < -0.4 is 5.32 Å². The SMILES string of the molecule is Cc1ccsc1C(=O)N[C@H](c1ccccc1)c1nnc(C)n1C. The van der Waals surface area contributed by atoms with Crippen LogP contribution in [0.1, 0.15) is 38.5 Å². The van der Waals surface area contributed by atoms with Gasteiger partial charge in [-0.2, -0.15) is 0 Å². The zero-order chi connectivity index (χ0) is 16.4. The summed E-state index contributed by atoms with van der Waals surface area (Å²) in [4.78, 5) is 13.4. The summed E-state index contributed by atoms with van der Waals surface area (Å²) in [6.07, 6.45) is 0.